The lowest BCUT2D eigenvalue weighted by atomic mass is 10.3. The van der Waals surface area contributed by atoms with Crippen LogP contribution in [0.3, 0.4) is 0 Å². The first-order valence-corrected chi connectivity index (χ1v) is 5.41. The average Bonchev–Trinajstić information content (AvgIpc) is 2.23. The van der Waals surface area contributed by atoms with Crippen molar-refractivity contribution in [3.63, 3.8) is 0 Å². The highest BCUT2D eigenvalue weighted by atomic mass is 79.9. The van der Waals surface area contributed by atoms with Crippen molar-refractivity contribution >= 4 is 15.9 Å². The number of hydrogen-bond acceptors (Lipinski definition) is 3. The summed E-state index contributed by atoms with van der Waals surface area (Å²) in [6, 6.07) is 3.72. The molecule has 0 bridgehead atoms. The maximum absolute atomic E-state index is 8.46. The number of aromatic nitrogens is 1. The third kappa shape index (κ3) is 5.53. The molecule has 0 amide bonds. The Morgan fingerprint density at radius 1 is 1.47 bits per heavy atom. The van der Waals surface area contributed by atoms with Crippen LogP contribution in [0.4, 0.5) is 0 Å². The Labute approximate surface area is 97.6 Å². The van der Waals surface area contributed by atoms with Gasteiger partial charge in [0.15, 0.2) is 0 Å². The fraction of sp³-hybridized carbons (Fsp3) is 0.364. The van der Waals surface area contributed by atoms with Crippen LogP contribution in [0.25, 0.3) is 0 Å². The van der Waals surface area contributed by atoms with E-state index in [2.05, 4.69) is 32.8 Å². The molecule has 0 radical (unpaired) electrons. The average molecular weight is 270 g/mol. The van der Waals surface area contributed by atoms with Crippen molar-refractivity contribution in [2.75, 3.05) is 19.8 Å². The van der Waals surface area contributed by atoms with E-state index in [1.807, 2.05) is 12.1 Å². The van der Waals surface area contributed by atoms with Crippen LogP contribution in [0, 0.1) is 11.8 Å². The van der Waals surface area contributed by atoms with Crippen LogP contribution in [0.1, 0.15) is 12.1 Å². The van der Waals surface area contributed by atoms with E-state index in [0.29, 0.717) is 19.6 Å². The van der Waals surface area contributed by atoms with Gasteiger partial charge < -0.3 is 9.84 Å². The fourth-order valence-corrected chi connectivity index (χ4v) is 1.25. The summed E-state index contributed by atoms with van der Waals surface area (Å²) in [5.74, 6) is 5.88. The first-order chi connectivity index (χ1) is 7.33. The zero-order valence-corrected chi connectivity index (χ0v) is 9.83. The summed E-state index contributed by atoms with van der Waals surface area (Å²) < 4.78 is 6.03. The SMILES string of the molecule is OCCOCCC#Cc1cc(Br)ccn1. The molecular formula is C11H12BrNO2. The predicted octanol–water partition coefficient (Wildman–Crippen LogP) is 1.59. The number of nitrogens with zero attached hydrogens (tertiary/aromatic N) is 1. The standard InChI is InChI=1S/C11H12BrNO2/c12-10-4-5-13-11(9-10)3-1-2-7-15-8-6-14/h4-5,9,14H,2,6-8H2. The topological polar surface area (TPSA) is 42.4 Å². The Balaban J connectivity index is 2.32. The van der Waals surface area contributed by atoms with E-state index in [1.54, 1.807) is 6.20 Å². The summed E-state index contributed by atoms with van der Waals surface area (Å²) in [7, 11) is 0. The van der Waals surface area contributed by atoms with E-state index < -0.39 is 0 Å². The highest BCUT2D eigenvalue weighted by Gasteiger charge is 1.89. The van der Waals surface area contributed by atoms with Crippen molar-refractivity contribution < 1.29 is 9.84 Å². The van der Waals surface area contributed by atoms with Crippen LogP contribution in [-0.4, -0.2) is 29.9 Å². The van der Waals surface area contributed by atoms with Crippen molar-refractivity contribution in [2.45, 2.75) is 6.42 Å². The Bertz CT molecular complexity index is 357. The van der Waals surface area contributed by atoms with Gasteiger partial charge in [0.2, 0.25) is 0 Å². The molecule has 80 valence electrons. The third-order valence-corrected chi connectivity index (χ3v) is 2.04. The molecule has 0 unspecified atom stereocenters. The second-order valence-electron chi connectivity index (χ2n) is 2.75. The first kappa shape index (κ1) is 12.2. The smallest absolute Gasteiger partial charge is 0.114 e. The van der Waals surface area contributed by atoms with E-state index in [-0.39, 0.29) is 6.61 Å². The highest BCUT2D eigenvalue weighted by molar-refractivity contribution is 9.10. The molecule has 0 spiro atoms. The van der Waals surface area contributed by atoms with Gasteiger partial charge in [-0.1, -0.05) is 21.9 Å². The summed E-state index contributed by atoms with van der Waals surface area (Å²) >= 11 is 3.35. The maximum Gasteiger partial charge on any atom is 0.114 e. The first-order valence-electron chi connectivity index (χ1n) is 4.62. The molecule has 0 aliphatic heterocycles. The zero-order chi connectivity index (χ0) is 10.9. The second kappa shape index (κ2) is 7.41. The molecule has 1 heterocycles. The highest BCUT2D eigenvalue weighted by Crippen LogP contribution is 2.07. The van der Waals surface area contributed by atoms with Gasteiger partial charge in [0.1, 0.15) is 5.69 Å². The van der Waals surface area contributed by atoms with Crippen molar-refractivity contribution in [3.05, 3.63) is 28.5 Å². The van der Waals surface area contributed by atoms with Crippen LogP contribution < -0.4 is 0 Å². The van der Waals surface area contributed by atoms with Gasteiger partial charge in [-0.2, -0.15) is 0 Å². The van der Waals surface area contributed by atoms with Crippen LogP contribution in [-0.2, 0) is 4.74 Å². The Morgan fingerprint density at radius 3 is 3.07 bits per heavy atom. The van der Waals surface area contributed by atoms with Crippen LogP contribution in [0.2, 0.25) is 0 Å². The van der Waals surface area contributed by atoms with Crippen molar-refractivity contribution in [1.29, 1.82) is 0 Å². The minimum absolute atomic E-state index is 0.0562. The van der Waals surface area contributed by atoms with Crippen molar-refractivity contribution in [2.24, 2.45) is 0 Å². The van der Waals surface area contributed by atoms with Gasteiger partial charge in [0.25, 0.3) is 0 Å². The Hall–Kier alpha value is -0.890. The molecule has 0 aromatic carbocycles. The van der Waals surface area contributed by atoms with Gasteiger partial charge in [-0.3, -0.25) is 0 Å². The van der Waals surface area contributed by atoms with E-state index in [9.17, 15) is 0 Å². The van der Waals surface area contributed by atoms with E-state index in [1.165, 1.54) is 0 Å². The minimum atomic E-state index is 0.0562. The van der Waals surface area contributed by atoms with Gasteiger partial charge in [-0.05, 0) is 18.1 Å². The largest absolute Gasteiger partial charge is 0.394 e. The van der Waals surface area contributed by atoms with E-state index in [4.69, 9.17) is 9.84 Å². The summed E-state index contributed by atoms with van der Waals surface area (Å²) in [6.45, 7) is 0.971. The molecule has 1 aromatic heterocycles. The lowest BCUT2D eigenvalue weighted by molar-refractivity contribution is 0.0963. The van der Waals surface area contributed by atoms with Gasteiger partial charge in [0, 0.05) is 17.1 Å². The number of pyridine rings is 1. The van der Waals surface area contributed by atoms with Crippen molar-refractivity contribution in [1.82, 2.24) is 4.98 Å². The van der Waals surface area contributed by atoms with Gasteiger partial charge in [0.05, 0.1) is 19.8 Å². The van der Waals surface area contributed by atoms with Gasteiger partial charge >= 0.3 is 0 Å². The number of halogens is 1. The molecule has 15 heavy (non-hydrogen) atoms. The summed E-state index contributed by atoms with van der Waals surface area (Å²) in [6.07, 6.45) is 2.35. The van der Waals surface area contributed by atoms with Gasteiger partial charge in [-0.15, -0.1) is 0 Å². The molecule has 1 N–H and O–H groups in total. The molecule has 0 saturated heterocycles. The summed E-state index contributed by atoms with van der Waals surface area (Å²) in [5.41, 5.74) is 0.742. The molecule has 0 aliphatic rings. The van der Waals surface area contributed by atoms with Crippen LogP contribution >= 0.6 is 15.9 Å². The predicted molar refractivity (Wildman–Crippen MR) is 61.3 cm³/mol. The molecule has 0 fully saturated rings. The van der Waals surface area contributed by atoms with E-state index in [0.717, 1.165) is 10.2 Å². The van der Waals surface area contributed by atoms with Crippen LogP contribution in [0.15, 0.2) is 22.8 Å². The summed E-state index contributed by atoms with van der Waals surface area (Å²) in [5, 5.41) is 8.46. The minimum Gasteiger partial charge on any atom is -0.394 e. The lowest BCUT2D eigenvalue weighted by Gasteiger charge is -1.95. The molecule has 0 saturated carbocycles. The lowest BCUT2D eigenvalue weighted by Crippen LogP contribution is -1.99. The molecule has 0 atom stereocenters. The number of aliphatic hydroxyl groups is 1. The number of aliphatic hydroxyl groups excluding tert-OH is 1. The third-order valence-electron chi connectivity index (χ3n) is 1.55. The molecule has 0 aliphatic carbocycles. The maximum atomic E-state index is 8.46. The molecule has 1 rings (SSSR count). The molecular weight excluding hydrogens is 258 g/mol. The fourth-order valence-electron chi connectivity index (χ4n) is 0.916. The summed E-state index contributed by atoms with van der Waals surface area (Å²) in [4.78, 5) is 4.09. The number of rotatable bonds is 4. The zero-order valence-electron chi connectivity index (χ0n) is 8.24. The monoisotopic (exact) mass is 269 g/mol. The van der Waals surface area contributed by atoms with Crippen molar-refractivity contribution in [3.8, 4) is 11.8 Å². The van der Waals surface area contributed by atoms with Crippen LogP contribution in [0.5, 0.6) is 0 Å². The number of hydrogen-bond donors (Lipinski definition) is 1. The van der Waals surface area contributed by atoms with E-state index >= 15 is 0 Å². The van der Waals surface area contributed by atoms with Gasteiger partial charge in [-0.25, -0.2) is 4.98 Å². The molecule has 1 aromatic rings. The number of ether oxygens (including phenoxy) is 1. The second-order valence-corrected chi connectivity index (χ2v) is 3.66. The molecule has 3 nitrogen and oxygen atoms in total. The normalized spacial score (nSPS) is 9.47. The Kier molecular flexibility index (Phi) is 6.02. The molecule has 4 heteroatoms. The Morgan fingerprint density at radius 2 is 2.33 bits per heavy atom. The quantitative estimate of drug-likeness (QED) is 0.667.